The van der Waals surface area contributed by atoms with Crippen molar-refractivity contribution in [3.8, 4) is 0 Å². The van der Waals surface area contributed by atoms with E-state index in [2.05, 4.69) is 4.98 Å². The first-order valence-corrected chi connectivity index (χ1v) is 6.89. The number of hydrogen-bond acceptors (Lipinski definition) is 4. The van der Waals surface area contributed by atoms with E-state index >= 15 is 0 Å². The molecule has 0 atom stereocenters. The summed E-state index contributed by atoms with van der Waals surface area (Å²) in [5.74, 6) is -1.73. The lowest BCUT2D eigenvalue weighted by atomic mass is 10.1. The van der Waals surface area contributed by atoms with Crippen molar-refractivity contribution in [3.63, 3.8) is 0 Å². The SMILES string of the molecule is CCOC(=O)c1nc(Cc2cc(F)cc(F)c2)sc1C. The number of rotatable bonds is 4. The Kier molecular flexibility index (Phi) is 4.44. The molecule has 1 aromatic heterocycles. The molecule has 0 N–H and O–H groups in total. The molecule has 6 heteroatoms. The first-order valence-electron chi connectivity index (χ1n) is 6.08. The van der Waals surface area contributed by atoms with Gasteiger partial charge in [0.05, 0.1) is 11.6 Å². The van der Waals surface area contributed by atoms with Gasteiger partial charge in [-0.15, -0.1) is 11.3 Å². The normalized spacial score (nSPS) is 10.6. The van der Waals surface area contributed by atoms with Crippen molar-refractivity contribution in [1.82, 2.24) is 4.98 Å². The maximum absolute atomic E-state index is 13.1. The Morgan fingerprint density at radius 1 is 1.30 bits per heavy atom. The van der Waals surface area contributed by atoms with Crippen molar-refractivity contribution in [3.05, 3.63) is 51.0 Å². The maximum Gasteiger partial charge on any atom is 0.358 e. The van der Waals surface area contributed by atoms with Crippen molar-refractivity contribution in [2.45, 2.75) is 20.3 Å². The number of ether oxygens (including phenoxy) is 1. The van der Waals surface area contributed by atoms with Crippen LogP contribution in [0, 0.1) is 18.6 Å². The van der Waals surface area contributed by atoms with Crippen LogP contribution in [0.4, 0.5) is 8.78 Å². The summed E-state index contributed by atoms with van der Waals surface area (Å²) in [5, 5.41) is 0.621. The summed E-state index contributed by atoms with van der Waals surface area (Å²) >= 11 is 1.32. The molecule has 0 aliphatic carbocycles. The third-order valence-corrected chi connectivity index (χ3v) is 3.56. The van der Waals surface area contributed by atoms with Crippen LogP contribution < -0.4 is 0 Å². The van der Waals surface area contributed by atoms with Gasteiger partial charge in [-0.25, -0.2) is 18.6 Å². The van der Waals surface area contributed by atoms with Crippen LogP contribution in [0.2, 0.25) is 0 Å². The van der Waals surface area contributed by atoms with Crippen LogP contribution in [0.25, 0.3) is 0 Å². The Morgan fingerprint density at radius 2 is 1.95 bits per heavy atom. The average molecular weight is 297 g/mol. The van der Waals surface area contributed by atoms with E-state index in [-0.39, 0.29) is 18.7 Å². The molecular weight excluding hydrogens is 284 g/mol. The topological polar surface area (TPSA) is 39.2 Å². The third kappa shape index (κ3) is 3.39. The summed E-state index contributed by atoms with van der Waals surface area (Å²) in [6.07, 6.45) is 0.277. The summed E-state index contributed by atoms with van der Waals surface area (Å²) in [4.78, 5) is 16.6. The first kappa shape index (κ1) is 14.6. The molecule has 0 unspecified atom stereocenters. The van der Waals surface area contributed by atoms with E-state index in [1.165, 1.54) is 23.5 Å². The highest BCUT2D eigenvalue weighted by molar-refractivity contribution is 7.11. The number of esters is 1. The number of aromatic nitrogens is 1. The van der Waals surface area contributed by atoms with Gasteiger partial charge in [0.15, 0.2) is 5.69 Å². The van der Waals surface area contributed by atoms with Gasteiger partial charge in [-0.1, -0.05) is 0 Å². The standard InChI is InChI=1S/C14H13F2NO2S/c1-3-19-14(18)13-8(2)20-12(17-13)6-9-4-10(15)7-11(16)5-9/h4-5,7H,3,6H2,1-2H3. The van der Waals surface area contributed by atoms with Crippen LogP contribution in [0.5, 0.6) is 0 Å². The highest BCUT2D eigenvalue weighted by atomic mass is 32.1. The molecule has 0 aliphatic rings. The second-order valence-corrected chi connectivity index (χ2v) is 5.48. The van der Waals surface area contributed by atoms with Crippen molar-refractivity contribution in [2.24, 2.45) is 0 Å². The molecule has 2 rings (SSSR count). The minimum absolute atomic E-state index is 0.267. The largest absolute Gasteiger partial charge is 0.461 e. The van der Waals surface area contributed by atoms with Gasteiger partial charge in [-0.2, -0.15) is 0 Å². The number of thiazole rings is 1. The minimum Gasteiger partial charge on any atom is -0.461 e. The fourth-order valence-corrected chi connectivity index (χ4v) is 2.76. The second kappa shape index (κ2) is 6.09. The summed E-state index contributed by atoms with van der Waals surface area (Å²) in [6.45, 7) is 3.76. The van der Waals surface area contributed by atoms with Gasteiger partial charge >= 0.3 is 5.97 Å². The molecule has 0 spiro atoms. The lowest BCUT2D eigenvalue weighted by Gasteiger charge is -1.99. The highest BCUT2D eigenvalue weighted by Gasteiger charge is 2.16. The van der Waals surface area contributed by atoms with Crippen LogP contribution in [0.15, 0.2) is 18.2 Å². The molecule has 20 heavy (non-hydrogen) atoms. The van der Waals surface area contributed by atoms with E-state index in [0.717, 1.165) is 10.9 Å². The number of carbonyl (C=O) groups excluding carboxylic acids is 1. The molecule has 0 radical (unpaired) electrons. The first-order chi connectivity index (χ1) is 9.49. The summed E-state index contributed by atoms with van der Waals surface area (Å²) in [6, 6.07) is 3.33. The van der Waals surface area contributed by atoms with Gasteiger partial charge in [0.25, 0.3) is 0 Å². The van der Waals surface area contributed by atoms with Gasteiger partial charge in [0.1, 0.15) is 11.6 Å². The van der Waals surface area contributed by atoms with Crippen LogP contribution in [0.1, 0.15) is 32.9 Å². The number of nitrogens with zero attached hydrogens (tertiary/aromatic N) is 1. The Bertz CT molecular complexity index is 620. The smallest absolute Gasteiger partial charge is 0.358 e. The number of carbonyl (C=O) groups is 1. The summed E-state index contributed by atoms with van der Waals surface area (Å²) < 4.78 is 31.1. The molecule has 0 saturated heterocycles. The van der Waals surface area contributed by atoms with Crippen molar-refractivity contribution in [2.75, 3.05) is 6.61 Å². The van der Waals surface area contributed by atoms with Crippen LogP contribution in [-0.2, 0) is 11.2 Å². The monoisotopic (exact) mass is 297 g/mol. The molecule has 1 aromatic carbocycles. The maximum atomic E-state index is 13.1. The number of benzene rings is 1. The zero-order chi connectivity index (χ0) is 14.7. The summed E-state index contributed by atoms with van der Waals surface area (Å²) in [7, 11) is 0. The number of halogens is 2. The lowest BCUT2D eigenvalue weighted by molar-refractivity contribution is 0.0519. The third-order valence-electron chi connectivity index (χ3n) is 2.59. The number of hydrogen-bond donors (Lipinski definition) is 0. The summed E-state index contributed by atoms with van der Waals surface area (Å²) in [5.41, 5.74) is 0.746. The second-order valence-electron chi connectivity index (χ2n) is 4.19. The molecule has 0 aliphatic heterocycles. The van der Waals surface area contributed by atoms with E-state index in [1.54, 1.807) is 13.8 Å². The zero-order valence-corrected chi connectivity index (χ0v) is 11.9. The highest BCUT2D eigenvalue weighted by Crippen LogP contribution is 2.22. The molecule has 3 nitrogen and oxygen atoms in total. The van der Waals surface area contributed by atoms with E-state index in [0.29, 0.717) is 10.6 Å². The lowest BCUT2D eigenvalue weighted by Crippen LogP contribution is -2.06. The Labute approximate surface area is 119 Å². The minimum atomic E-state index is -0.626. The predicted octanol–water partition coefficient (Wildman–Crippen LogP) is 3.50. The molecule has 106 valence electrons. The molecular formula is C14H13F2NO2S. The fraction of sp³-hybridized carbons (Fsp3) is 0.286. The fourth-order valence-electron chi connectivity index (χ4n) is 1.80. The zero-order valence-electron chi connectivity index (χ0n) is 11.1. The average Bonchev–Trinajstić information content (AvgIpc) is 2.69. The molecule has 2 aromatic rings. The predicted molar refractivity (Wildman–Crippen MR) is 72.0 cm³/mol. The van der Waals surface area contributed by atoms with Gasteiger partial charge in [-0.05, 0) is 31.5 Å². The van der Waals surface area contributed by atoms with Gasteiger partial charge < -0.3 is 4.74 Å². The molecule has 0 saturated carbocycles. The van der Waals surface area contributed by atoms with Crippen LogP contribution >= 0.6 is 11.3 Å². The van der Waals surface area contributed by atoms with E-state index in [9.17, 15) is 13.6 Å². The van der Waals surface area contributed by atoms with Crippen LogP contribution in [-0.4, -0.2) is 17.6 Å². The van der Waals surface area contributed by atoms with Crippen molar-refractivity contribution >= 4 is 17.3 Å². The van der Waals surface area contributed by atoms with Gasteiger partial charge in [0.2, 0.25) is 0 Å². The van der Waals surface area contributed by atoms with E-state index in [1.807, 2.05) is 0 Å². The number of aryl methyl sites for hydroxylation is 1. The Balaban J connectivity index is 2.22. The van der Waals surface area contributed by atoms with Crippen LogP contribution in [0.3, 0.4) is 0 Å². The molecule has 0 bridgehead atoms. The van der Waals surface area contributed by atoms with Crippen molar-refractivity contribution < 1.29 is 18.3 Å². The van der Waals surface area contributed by atoms with E-state index < -0.39 is 17.6 Å². The van der Waals surface area contributed by atoms with E-state index in [4.69, 9.17) is 4.74 Å². The van der Waals surface area contributed by atoms with Gasteiger partial charge in [-0.3, -0.25) is 0 Å². The molecule has 1 heterocycles. The quantitative estimate of drug-likeness (QED) is 0.811. The Hall–Kier alpha value is -1.82. The van der Waals surface area contributed by atoms with Gasteiger partial charge in [0, 0.05) is 17.4 Å². The molecule has 0 amide bonds. The van der Waals surface area contributed by atoms with Crippen molar-refractivity contribution in [1.29, 1.82) is 0 Å². The Morgan fingerprint density at radius 3 is 2.55 bits per heavy atom. The molecule has 0 fully saturated rings.